The summed E-state index contributed by atoms with van der Waals surface area (Å²) >= 11 is 0. The van der Waals surface area contributed by atoms with Crippen molar-refractivity contribution in [3.05, 3.63) is 0 Å². The highest BCUT2D eigenvalue weighted by atomic mass is 31.2. The number of aliphatic hydroxyl groups is 1. The molecule has 0 amide bonds. The van der Waals surface area contributed by atoms with Gasteiger partial charge >= 0.3 is 39.5 Å². The quantitative estimate of drug-likeness (QED) is 0.0222. The summed E-state index contributed by atoms with van der Waals surface area (Å²) in [4.78, 5) is 73.0. The molecule has 17 nitrogen and oxygen atoms in total. The Morgan fingerprint density at radius 1 is 0.240 bits per heavy atom. The van der Waals surface area contributed by atoms with E-state index in [9.17, 15) is 43.2 Å². The molecule has 0 rings (SSSR count). The zero-order chi connectivity index (χ0) is 73.2. The SMILES string of the molecule is CCCCCCCCCCCCCCCCCCCCCCC(=O)O[C@H](COC(=O)CCCCCCCCCCCCCCCCC)COP(=O)(O)OC[C@@H](O)COP(=O)(O)OC[C@@H](COC(=O)CCCCCCCCCCCC)OC(=O)CCCCCCCCCCCCCCCCC. The molecule has 0 radical (unpaired) electrons. The van der Waals surface area contributed by atoms with Crippen LogP contribution in [0.4, 0.5) is 0 Å². The molecule has 2 unspecified atom stereocenters. The summed E-state index contributed by atoms with van der Waals surface area (Å²) in [6, 6.07) is 0. The first kappa shape index (κ1) is 98.1. The predicted octanol–water partition coefficient (Wildman–Crippen LogP) is 24.6. The van der Waals surface area contributed by atoms with Crippen LogP contribution in [0.1, 0.15) is 439 Å². The topological polar surface area (TPSA) is 237 Å². The molecule has 0 saturated heterocycles. The van der Waals surface area contributed by atoms with Crippen molar-refractivity contribution in [2.24, 2.45) is 0 Å². The van der Waals surface area contributed by atoms with Gasteiger partial charge in [-0.05, 0) is 25.7 Å². The second-order valence-electron chi connectivity index (χ2n) is 29.2. The lowest BCUT2D eigenvalue weighted by molar-refractivity contribution is -0.161. The Labute approximate surface area is 613 Å². The minimum atomic E-state index is -4.96. The third-order valence-electron chi connectivity index (χ3n) is 19.1. The molecule has 19 heteroatoms. The summed E-state index contributed by atoms with van der Waals surface area (Å²) < 4.78 is 68.7. The monoisotopic (exact) mass is 1470 g/mol. The summed E-state index contributed by atoms with van der Waals surface area (Å²) in [7, 11) is -9.92. The van der Waals surface area contributed by atoms with Gasteiger partial charge in [-0.15, -0.1) is 0 Å². The van der Waals surface area contributed by atoms with Gasteiger partial charge in [0.1, 0.15) is 19.3 Å². The summed E-state index contributed by atoms with van der Waals surface area (Å²) in [5, 5.41) is 10.6. The molecule has 0 aliphatic rings. The van der Waals surface area contributed by atoms with Crippen molar-refractivity contribution in [3.63, 3.8) is 0 Å². The van der Waals surface area contributed by atoms with Gasteiger partial charge in [-0.3, -0.25) is 37.3 Å². The number of hydrogen-bond donors (Lipinski definition) is 3. The number of phosphoric acid groups is 2. The third-order valence-corrected chi connectivity index (χ3v) is 21.0. The molecular weight excluding hydrogens is 1310 g/mol. The molecule has 0 fully saturated rings. The first-order valence-electron chi connectivity index (χ1n) is 42.3. The molecule has 0 aromatic carbocycles. The lowest BCUT2D eigenvalue weighted by Gasteiger charge is -2.21. The van der Waals surface area contributed by atoms with Crippen molar-refractivity contribution in [2.75, 3.05) is 39.6 Å². The van der Waals surface area contributed by atoms with E-state index in [4.69, 9.17) is 37.0 Å². The van der Waals surface area contributed by atoms with Crippen molar-refractivity contribution in [1.82, 2.24) is 0 Å². The lowest BCUT2D eigenvalue weighted by Crippen LogP contribution is -2.30. The standard InChI is InChI=1S/C81H158O17P2/c1-5-9-13-17-21-25-29-32-35-36-37-38-39-42-45-48-52-56-60-64-68-81(86)98-77(72-92-79(84)66-62-58-54-50-46-43-40-33-30-26-22-18-14-10-6-2)74-96-100(89,90)94-70-75(82)69-93-99(87,88)95-73-76(71-91-78(83)65-61-57-53-49-28-24-20-16-12-8-4)97-80(85)67-63-59-55-51-47-44-41-34-31-27-23-19-15-11-7-3/h75-77,82H,5-74H2,1-4H3,(H,87,88)(H,89,90)/t75-,76+,77+/m0/s1. The molecule has 0 aromatic heterocycles. The van der Waals surface area contributed by atoms with Gasteiger partial charge in [0.2, 0.25) is 0 Å². The van der Waals surface area contributed by atoms with E-state index in [0.29, 0.717) is 25.7 Å². The van der Waals surface area contributed by atoms with Crippen LogP contribution >= 0.6 is 15.6 Å². The van der Waals surface area contributed by atoms with Gasteiger partial charge in [0.25, 0.3) is 0 Å². The maximum atomic E-state index is 13.1. The fourth-order valence-electron chi connectivity index (χ4n) is 12.6. The Bertz CT molecular complexity index is 1890. The molecule has 0 aliphatic carbocycles. The molecule has 100 heavy (non-hydrogen) atoms. The number of phosphoric ester groups is 2. The number of hydrogen-bond acceptors (Lipinski definition) is 15. The molecular formula is C81H158O17P2. The number of carbonyl (C=O) groups excluding carboxylic acids is 4. The lowest BCUT2D eigenvalue weighted by atomic mass is 10.0. The van der Waals surface area contributed by atoms with Crippen LogP contribution in [0.5, 0.6) is 0 Å². The van der Waals surface area contributed by atoms with Gasteiger partial charge in [-0.2, -0.15) is 0 Å². The average molecular weight is 1470 g/mol. The average Bonchev–Trinajstić information content (AvgIpc) is 0.937. The van der Waals surface area contributed by atoms with Crippen LogP contribution in [0.2, 0.25) is 0 Å². The van der Waals surface area contributed by atoms with Gasteiger partial charge in [0.15, 0.2) is 12.2 Å². The summed E-state index contributed by atoms with van der Waals surface area (Å²) in [5.74, 6) is -2.10. The normalized spacial score (nSPS) is 13.8. The van der Waals surface area contributed by atoms with Crippen molar-refractivity contribution < 1.29 is 80.2 Å². The number of esters is 4. The molecule has 0 saturated carbocycles. The van der Waals surface area contributed by atoms with Crippen LogP contribution in [0, 0.1) is 0 Å². The first-order chi connectivity index (χ1) is 48.7. The third kappa shape index (κ3) is 74.3. The zero-order valence-electron chi connectivity index (χ0n) is 65.2. The van der Waals surface area contributed by atoms with Crippen LogP contribution in [0.3, 0.4) is 0 Å². The van der Waals surface area contributed by atoms with Crippen LogP contribution < -0.4 is 0 Å². The molecule has 0 heterocycles. The second-order valence-corrected chi connectivity index (χ2v) is 32.1. The fourth-order valence-corrected chi connectivity index (χ4v) is 14.2. The second kappa shape index (κ2) is 75.3. The summed E-state index contributed by atoms with van der Waals surface area (Å²) in [6.45, 7) is 5.02. The maximum absolute atomic E-state index is 13.1. The van der Waals surface area contributed by atoms with E-state index in [2.05, 4.69) is 27.7 Å². The summed E-state index contributed by atoms with van der Waals surface area (Å²) in [5.41, 5.74) is 0. The van der Waals surface area contributed by atoms with Crippen LogP contribution in [-0.4, -0.2) is 96.7 Å². The molecule has 594 valence electrons. The van der Waals surface area contributed by atoms with Gasteiger partial charge in [0.05, 0.1) is 26.4 Å². The van der Waals surface area contributed by atoms with Gasteiger partial charge in [0, 0.05) is 25.7 Å². The van der Waals surface area contributed by atoms with Crippen LogP contribution in [0.25, 0.3) is 0 Å². The smallest absolute Gasteiger partial charge is 0.462 e. The van der Waals surface area contributed by atoms with Gasteiger partial charge in [-0.25, -0.2) is 9.13 Å². The van der Waals surface area contributed by atoms with E-state index in [-0.39, 0.29) is 25.7 Å². The Balaban J connectivity index is 5.22. The Hall–Kier alpha value is -1.94. The Kier molecular flexibility index (Phi) is 73.8. The molecule has 5 atom stereocenters. The maximum Gasteiger partial charge on any atom is 0.472 e. The van der Waals surface area contributed by atoms with E-state index in [1.54, 1.807) is 0 Å². The van der Waals surface area contributed by atoms with Gasteiger partial charge < -0.3 is 33.8 Å². The van der Waals surface area contributed by atoms with E-state index in [0.717, 1.165) is 89.9 Å². The first-order valence-corrected chi connectivity index (χ1v) is 45.3. The molecule has 0 bridgehead atoms. The number of carbonyl (C=O) groups is 4. The van der Waals surface area contributed by atoms with Crippen molar-refractivity contribution >= 4 is 39.5 Å². The van der Waals surface area contributed by atoms with E-state index in [1.165, 1.54) is 270 Å². The largest absolute Gasteiger partial charge is 0.472 e. The number of ether oxygens (including phenoxy) is 4. The molecule has 3 N–H and O–H groups in total. The summed E-state index contributed by atoms with van der Waals surface area (Å²) in [6.07, 6.45) is 67.9. The van der Waals surface area contributed by atoms with Crippen LogP contribution in [-0.2, 0) is 65.4 Å². The number of aliphatic hydroxyl groups excluding tert-OH is 1. The molecule has 0 spiro atoms. The predicted molar refractivity (Wildman–Crippen MR) is 409 cm³/mol. The highest BCUT2D eigenvalue weighted by Gasteiger charge is 2.30. The molecule has 0 aliphatic heterocycles. The van der Waals surface area contributed by atoms with Crippen molar-refractivity contribution in [3.8, 4) is 0 Å². The van der Waals surface area contributed by atoms with Crippen LogP contribution in [0.15, 0.2) is 0 Å². The minimum Gasteiger partial charge on any atom is -0.462 e. The van der Waals surface area contributed by atoms with Crippen molar-refractivity contribution in [1.29, 1.82) is 0 Å². The van der Waals surface area contributed by atoms with E-state index >= 15 is 0 Å². The zero-order valence-corrected chi connectivity index (χ0v) is 67.0. The van der Waals surface area contributed by atoms with Gasteiger partial charge in [-0.1, -0.05) is 387 Å². The molecule has 0 aromatic rings. The van der Waals surface area contributed by atoms with E-state index in [1.807, 2.05) is 0 Å². The highest BCUT2D eigenvalue weighted by Crippen LogP contribution is 2.45. The Morgan fingerprint density at radius 3 is 0.590 bits per heavy atom. The van der Waals surface area contributed by atoms with Crippen molar-refractivity contribution in [2.45, 2.75) is 457 Å². The van der Waals surface area contributed by atoms with E-state index < -0.39 is 97.5 Å². The Morgan fingerprint density at radius 2 is 0.400 bits per heavy atom. The number of unbranched alkanes of at least 4 members (excludes halogenated alkanes) is 56. The fraction of sp³-hybridized carbons (Fsp3) is 0.951. The minimum absolute atomic E-state index is 0.109. The highest BCUT2D eigenvalue weighted by molar-refractivity contribution is 7.47. The number of rotatable bonds is 82.